The van der Waals surface area contributed by atoms with Crippen LogP contribution in [0.25, 0.3) is 0 Å². The monoisotopic (exact) mass is 540 g/mol. The van der Waals surface area contributed by atoms with Crippen LogP contribution in [0.3, 0.4) is 0 Å². The van der Waals surface area contributed by atoms with E-state index in [4.69, 9.17) is 5.26 Å². The van der Waals surface area contributed by atoms with E-state index < -0.39 is 5.54 Å². The minimum Gasteiger partial charge on any atom is -0.351 e. The van der Waals surface area contributed by atoms with Crippen molar-refractivity contribution in [2.75, 3.05) is 19.6 Å². The maximum atomic E-state index is 13.9. The number of rotatable bonds is 9. The predicted molar refractivity (Wildman–Crippen MR) is 155 cm³/mol. The average Bonchev–Trinajstić information content (AvgIpc) is 3.48. The number of likely N-dealkylation sites (tertiary alicyclic amines) is 1. The van der Waals surface area contributed by atoms with Crippen LogP contribution in [0.15, 0.2) is 67.1 Å². The van der Waals surface area contributed by atoms with Gasteiger partial charge in [-0.25, -0.2) is 4.98 Å². The van der Waals surface area contributed by atoms with Crippen LogP contribution in [0.1, 0.15) is 56.5 Å². The van der Waals surface area contributed by atoms with Crippen LogP contribution in [0.4, 0.5) is 0 Å². The molecule has 0 radical (unpaired) electrons. The SMILES string of the molecule is CC(C)(C)NC(=O)C1CC(C(=O)NC(C)(Cc2ccc(C#N)cc2)c2cnc[nH]2)CN(CCc2ccccc2)C1. The first-order chi connectivity index (χ1) is 19.0. The van der Waals surface area contributed by atoms with E-state index in [9.17, 15) is 9.59 Å². The van der Waals surface area contributed by atoms with Crippen molar-refractivity contribution in [3.05, 3.63) is 89.5 Å². The highest BCUT2D eigenvalue weighted by atomic mass is 16.2. The molecule has 40 heavy (non-hydrogen) atoms. The summed E-state index contributed by atoms with van der Waals surface area (Å²) in [7, 11) is 0. The molecule has 2 amide bonds. The Morgan fingerprint density at radius 3 is 2.20 bits per heavy atom. The normalized spacial score (nSPS) is 19.3. The summed E-state index contributed by atoms with van der Waals surface area (Å²) >= 11 is 0. The van der Waals surface area contributed by atoms with Gasteiger partial charge in [0.1, 0.15) is 0 Å². The fourth-order valence-electron chi connectivity index (χ4n) is 5.40. The zero-order chi connectivity index (χ0) is 28.8. The number of aromatic nitrogens is 2. The molecule has 2 heterocycles. The highest BCUT2D eigenvalue weighted by molar-refractivity contribution is 5.83. The molecular weight excluding hydrogens is 500 g/mol. The lowest BCUT2D eigenvalue weighted by atomic mass is 9.84. The number of carbonyl (C=O) groups excluding carboxylic acids is 2. The summed E-state index contributed by atoms with van der Waals surface area (Å²) in [4.78, 5) is 36.8. The van der Waals surface area contributed by atoms with Gasteiger partial charge >= 0.3 is 0 Å². The van der Waals surface area contributed by atoms with Crippen molar-refractivity contribution in [3.63, 3.8) is 0 Å². The van der Waals surface area contributed by atoms with Crippen molar-refractivity contribution in [2.45, 2.75) is 58.0 Å². The Labute approximate surface area is 237 Å². The van der Waals surface area contributed by atoms with Crippen molar-refractivity contribution in [1.29, 1.82) is 5.26 Å². The summed E-state index contributed by atoms with van der Waals surface area (Å²) in [5, 5.41) is 15.6. The van der Waals surface area contributed by atoms with E-state index in [0.717, 1.165) is 24.2 Å². The zero-order valence-electron chi connectivity index (χ0n) is 23.9. The summed E-state index contributed by atoms with van der Waals surface area (Å²) in [6.45, 7) is 9.90. The molecule has 3 N–H and O–H groups in total. The van der Waals surface area contributed by atoms with Gasteiger partial charge in [0.2, 0.25) is 11.8 Å². The molecule has 3 atom stereocenters. The van der Waals surface area contributed by atoms with Gasteiger partial charge in [-0.2, -0.15) is 5.26 Å². The Bertz CT molecular complexity index is 1310. The van der Waals surface area contributed by atoms with Gasteiger partial charge < -0.3 is 20.5 Å². The van der Waals surface area contributed by atoms with Gasteiger partial charge in [0, 0.05) is 31.6 Å². The number of nitrogens with one attached hydrogen (secondary N) is 3. The molecule has 3 unspecified atom stereocenters. The molecule has 1 aliphatic heterocycles. The van der Waals surface area contributed by atoms with Crippen molar-refractivity contribution < 1.29 is 9.59 Å². The third-order valence-corrected chi connectivity index (χ3v) is 7.46. The van der Waals surface area contributed by atoms with E-state index in [1.165, 1.54) is 5.56 Å². The van der Waals surface area contributed by atoms with Crippen LogP contribution in [-0.4, -0.2) is 51.9 Å². The Morgan fingerprint density at radius 1 is 0.975 bits per heavy atom. The molecule has 1 aliphatic rings. The Morgan fingerprint density at radius 2 is 1.62 bits per heavy atom. The Balaban J connectivity index is 1.53. The molecule has 0 aliphatic carbocycles. The number of benzene rings is 2. The quantitative estimate of drug-likeness (QED) is 0.380. The fourth-order valence-corrected chi connectivity index (χ4v) is 5.40. The van der Waals surface area contributed by atoms with Gasteiger partial charge in [-0.1, -0.05) is 42.5 Å². The minimum atomic E-state index is -0.753. The first kappa shape index (κ1) is 29.0. The predicted octanol–water partition coefficient (Wildman–Crippen LogP) is 3.95. The molecule has 4 rings (SSSR count). The summed E-state index contributed by atoms with van der Waals surface area (Å²) in [6, 6.07) is 19.8. The lowest BCUT2D eigenvalue weighted by Gasteiger charge is -2.39. The third-order valence-electron chi connectivity index (χ3n) is 7.46. The van der Waals surface area contributed by atoms with E-state index in [0.29, 0.717) is 31.5 Å². The molecule has 3 aromatic rings. The third kappa shape index (κ3) is 7.80. The van der Waals surface area contributed by atoms with Gasteiger partial charge in [0.15, 0.2) is 0 Å². The second-order valence-electron chi connectivity index (χ2n) is 12.1. The Hall–Kier alpha value is -3.96. The van der Waals surface area contributed by atoms with Crippen molar-refractivity contribution in [1.82, 2.24) is 25.5 Å². The number of carbonyl (C=O) groups is 2. The van der Waals surface area contributed by atoms with Crippen LogP contribution in [0, 0.1) is 23.2 Å². The molecule has 8 heteroatoms. The topological polar surface area (TPSA) is 114 Å². The van der Waals surface area contributed by atoms with Crippen molar-refractivity contribution in [3.8, 4) is 6.07 Å². The molecule has 210 valence electrons. The highest BCUT2D eigenvalue weighted by Crippen LogP contribution is 2.28. The van der Waals surface area contributed by atoms with Crippen LogP contribution >= 0.6 is 0 Å². The van der Waals surface area contributed by atoms with Crippen molar-refractivity contribution in [2.24, 2.45) is 11.8 Å². The van der Waals surface area contributed by atoms with E-state index in [1.54, 1.807) is 24.7 Å². The maximum absolute atomic E-state index is 13.9. The number of nitrogens with zero attached hydrogens (tertiary/aromatic N) is 3. The van der Waals surface area contributed by atoms with E-state index in [1.807, 2.05) is 58.0 Å². The minimum absolute atomic E-state index is 0.0105. The van der Waals surface area contributed by atoms with Crippen LogP contribution in [-0.2, 0) is 28.0 Å². The van der Waals surface area contributed by atoms with E-state index >= 15 is 0 Å². The number of aromatic amines is 1. The second kappa shape index (κ2) is 12.5. The first-order valence-corrected chi connectivity index (χ1v) is 13.9. The van der Waals surface area contributed by atoms with Crippen molar-refractivity contribution >= 4 is 11.8 Å². The van der Waals surface area contributed by atoms with Crippen LogP contribution in [0.2, 0.25) is 0 Å². The van der Waals surface area contributed by atoms with Gasteiger partial charge in [-0.3, -0.25) is 9.59 Å². The molecule has 0 saturated carbocycles. The number of imidazole rings is 1. The van der Waals surface area contributed by atoms with Crippen LogP contribution in [0.5, 0.6) is 0 Å². The molecule has 8 nitrogen and oxygen atoms in total. The number of hydrogen-bond donors (Lipinski definition) is 3. The van der Waals surface area contributed by atoms with Gasteiger partial charge in [0.25, 0.3) is 0 Å². The molecule has 0 bridgehead atoms. The summed E-state index contributed by atoms with van der Waals surface area (Å²) in [5.74, 6) is -0.716. The summed E-state index contributed by atoms with van der Waals surface area (Å²) in [6.07, 6.45) is 5.21. The highest BCUT2D eigenvalue weighted by Gasteiger charge is 2.39. The number of nitriles is 1. The average molecular weight is 541 g/mol. The Kier molecular flexibility index (Phi) is 9.06. The van der Waals surface area contributed by atoms with E-state index in [2.05, 4.69) is 43.7 Å². The smallest absolute Gasteiger partial charge is 0.225 e. The summed E-state index contributed by atoms with van der Waals surface area (Å²) < 4.78 is 0. The second-order valence-corrected chi connectivity index (χ2v) is 12.1. The van der Waals surface area contributed by atoms with E-state index in [-0.39, 0.29) is 29.2 Å². The van der Waals surface area contributed by atoms with Gasteiger partial charge in [0.05, 0.1) is 47.2 Å². The molecular formula is C32H40N6O2. The number of piperidine rings is 1. The molecule has 1 saturated heterocycles. The summed E-state index contributed by atoms with van der Waals surface area (Å²) in [5.41, 5.74) is 2.52. The largest absolute Gasteiger partial charge is 0.351 e. The molecule has 1 aromatic heterocycles. The lowest BCUT2D eigenvalue weighted by Crippen LogP contribution is -2.55. The number of hydrogen-bond acceptors (Lipinski definition) is 5. The zero-order valence-corrected chi connectivity index (χ0v) is 23.9. The molecule has 2 aromatic carbocycles. The lowest BCUT2D eigenvalue weighted by molar-refractivity contribution is -0.133. The standard InChI is InChI=1S/C32H40N6O2/c1-31(2,3)36-29(39)26-16-27(21-38(20-26)15-14-23-8-6-5-7-9-23)30(40)37-32(4,28-19-34-22-35-28)17-24-10-12-25(18-33)13-11-24/h5-13,19,22,26-27H,14-17,20-21H2,1-4H3,(H,34,35)(H,36,39)(H,37,40). The molecule has 0 spiro atoms. The van der Waals surface area contributed by atoms with Crippen LogP contribution < -0.4 is 10.6 Å². The fraction of sp³-hybridized carbons (Fsp3) is 0.438. The first-order valence-electron chi connectivity index (χ1n) is 13.9. The number of H-pyrrole nitrogens is 1. The molecule has 1 fully saturated rings. The number of amides is 2. The maximum Gasteiger partial charge on any atom is 0.225 e. The van der Waals surface area contributed by atoms with Gasteiger partial charge in [-0.05, 0) is 63.8 Å². The van der Waals surface area contributed by atoms with Gasteiger partial charge in [-0.15, -0.1) is 0 Å².